The molecule has 0 aromatic rings. The second-order valence-corrected chi connectivity index (χ2v) is 4.46. The van der Waals surface area contributed by atoms with Crippen LogP contribution in [0.1, 0.15) is 39.0 Å². The highest BCUT2D eigenvalue weighted by atomic mass is 16.5. The number of amidine groups is 1. The van der Waals surface area contributed by atoms with Gasteiger partial charge in [-0.15, -0.1) is 0 Å². The molecule has 1 aliphatic rings. The van der Waals surface area contributed by atoms with Gasteiger partial charge in [-0.1, -0.05) is 5.16 Å². The Balaban J connectivity index is 2.29. The Kier molecular flexibility index (Phi) is 6.49. The number of nitrogens with two attached hydrogens (primary N) is 1. The summed E-state index contributed by atoms with van der Waals surface area (Å²) in [5, 5.41) is 11.4. The molecule has 0 bridgehead atoms. The summed E-state index contributed by atoms with van der Waals surface area (Å²) in [6, 6.07) is 0.357. The maximum atomic E-state index is 12.0. The largest absolute Gasteiger partial charge is 0.409 e. The first-order valence-corrected chi connectivity index (χ1v) is 6.52. The molecule has 6 nitrogen and oxygen atoms in total. The SMILES string of the molecule is CCOCCCC(=O)N(CCC(N)=NO)C1CC1. The molecule has 0 heterocycles. The van der Waals surface area contributed by atoms with Crippen LogP contribution in [-0.2, 0) is 9.53 Å². The summed E-state index contributed by atoms with van der Waals surface area (Å²) < 4.78 is 5.21. The van der Waals surface area contributed by atoms with Crippen molar-refractivity contribution in [3.05, 3.63) is 0 Å². The van der Waals surface area contributed by atoms with Gasteiger partial charge in [-0.05, 0) is 26.2 Å². The van der Waals surface area contributed by atoms with E-state index in [1.807, 2.05) is 11.8 Å². The number of nitrogens with zero attached hydrogens (tertiary/aromatic N) is 2. The van der Waals surface area contributed by atoms with Crippen LogP contribution in [0.25, 0.3) is 0 Å². The second-order valence-electron chi connectivity index (χ2n) is 4.46. The van der Waals surface area contributed by atoms with Gasteiger partial charge in [0.2, 0.25) is 5.91 Å². The van der Waals surface area contributed by atoms with Crippen molar-refractivity contribution in [2.45, 2.75) is 45.1 Å². The lowest BCUT2D eigenvalue weighted by Crippen LogP contribution is -2.35. The van der Waals surface area contributed by atoms with Crippen molar-refractivity contribution < 1.29 is 14.7 Å². The van der Waals surface area contributed by atoms with Crippen LogP contribution in [0.5, 0.6) is 0 Å². The Morgan fingerprint density at radius 3 is 2.78 bits per heavy atom. The van der Waals surface area contributed by atoms with E-state index in [1.165, 1.54) is 0 Å². The van der Waals surface area contributed by atoms with Crippen LogP contribution in [0.3, 0.4) is 0 Å². The van der Waals surface area contributed by atoms with Gasteiger partial charge in [-0.2, -0.15) is 0 Å². The van der Waals surface area contributed by atoms with Crippen LogP contribution in [-0.4, -0.2) is 47.7 Å². The highest BCUT2D eigenvalue weighted by Crippen LogP contribution is 2.27. The first-order chi connectivity index (χ1) is 8.69. The first kappa shape index (κ1) is 14.8. The molecule has 3 N–H and O–H groups in total. The van der Waals surface area contributed by atoms with Gasteiger partial charge in [0.05, 0.1) is 0 Å². The fourth-order valence-corrected chi connectivity index (χ4v) is 1.80. The monoisotopic (exact) mass is 257 g/mol. The van der Waals surface area contributed by atoms with E-state index in [0.29, 0.717) is 38.6 Å². The number of oxime groups is 1. The number of amides is 1. The van der Waals surface area contributed by atoms with Crippen LogP contribution in [0.15, 0.2) is 5.16 Å². The van der Waals surface area contributed by atoms with E-state index < -0.39 is 0 Å². The third-order valence-electron chi connectivity index (χ3n) is 2.93. The summed E-state index contributed by atoms with van der Waals surface area (Å²) in [7, 11) is 0. The summed E-state index contributed by atoms with van der Waals surface area (Å²) in [5.41, 5.74) is 5.42. The molecule has 0 radical (unpaired) electrons. The average Bonchev–Trinajstić information content (AvgIpc) is 3.19. The average molecular weight is 257 g/mol. The number of rotatable bonds is 9. The Bertz CT molecular complexity index is 290. The second kappa shape index (κ2) is 7.92. The van der Waals surface area contributed by atoms with Gasteiger partial charge < -0.3 is 20.6 Å². The third kappa shape index (κ3) is 5.35. The molecule has 0 unspecified atom stereocenters. The molecule has 1 amide bonds. The van der Waals surface area contributed by atoms with Crippen molar-refractivity contribution in [3.63, 3.8) is 0 Å². The Morgan fingerprint density at radius 1 is 1.50 bits per heavy atom. The van der Waals surface area contributed by atoms with Crippen molar-refractivity contribution in [3.8, 4) is 0 Å². The predicted octanol–water partition coefficient (Wildman–Crippen LogP) is 0.931. The van der Waals surface area contributed by atoms with Crippen LogP contribution >= 0.6 is 0 Å². The number of ether oxygens (including phenoxy) is 1. The normalized spacial score (nSPS) is 15.7. The highest BCUT2D eigenvalue weighted by molar-refractivity contribution is 5.81. The lowest BCUT2D eigenvalue weighted by molar-refractivity contribution is -0.132. The predicted molar refractivity (Wildman–Crippen MR) is 68.5 cm³/mol. The highest BCUT2D eigenvalue weighted by Gasteiger charge is 2.31. The van der Waals surface area contributed by atoms with Crippen molar-refractivity contribution in [2.24, 2.45) is 10.9 Å². The molecule has 0 atom stereocenters. The number of carbonyl (C=O) groups is 1. The van der Waals surface area contributed by atoms with E-state index in [9.17, 15) is 4.79 Å². The molecule has 18 heavy (non-hydrogen) atoms. The number of hydrogen-bond donors (Lipinski definition) is 2. The van der Waals surface area contributed by atoms with E-state index in [-0.39, 0.29) is 11.7 Å². The molecule has 1 aliphatic carbocycles. The van der Waals surface area contributed by atoms with E-state index in [0.717, 1.165) is 19.3 Å². The zero-order valence-corrected chi connectivity index (χ0v) is 11.0. The minimum Gasteiger partial charge on any atom is -0.409 e. The zero-order valence-electron chi connectivity index (χ0n) is 11.0. The molecule has 0 aliphatic heterocycles. The fourth-order valence-electron chi connectivity index (χ4n) is 1.80. The van der Waals surface area contributed by atoms with Crippen LogP contribution < -0.4 is 5.73 Å². The zero-order chi connectivity index (χ0) is 13.4. The Labute approximate surface area is 108 Å². The summed E-state index contributed by atoms with van der Waals surface area (Å²) in [4.78, 5) is 13.9. The van der Waals surface area contributed by atoms with Crippen molar-refractivity contribution in [1.82, 2.24) is 4.90 Å². The molecule has 1 saturated carbocycles. The topological polar surface area (TPSA) is 88.2 Å². The minimum absolute atomic E-state index is 0.142. The Morgan fingerprint density at radius 2 is 2.22 bits per heavy atom. The van der Waals surface area contributed by atoms with Crippen LogP contribution in [0.4, 0.5) is 0 Å². The Hall–Kier alpha value is -1.30. The number of carbonyl (C=O) groups excluding carboxylic acids is 1. The van der Waals surface area contributed by atoms with Gasteiger partial charge in [-0.25, -0.2) is 0 Å². The molecular formula is C12H23N3O3. The molecule has 0 aromatic carbocycles. The standard InChI is InChI=1S/C12H23N3O3/c1-2-18-9-3-4-12(16)15(10-5-6-10)8-7-11(13)14-17/h10,17H,2-9H2,1H3,(H2,13,14). The van der Waals surface area contributed by atoms with E-state index in [1.54, 1.807) is 0 Å². The maximum Gasteiger partial charge on any atom is 0.222 e. The molecule has 1 fully saturated rings. The van der Waals surface area contributed by atoms with Crippen LogP contribution in [0, 0.1) is 0 Å². The van der Waals surface area contributed by atoms with Gasteiger partial charge in [0.1, 0.15) is 5.84 Å². The molecule has 0 spiro atoms. The first-order valence-electron chi connectivity index (χ1n) is 6.52. The third-order valence-corrected chi connectivity index (χ3v) is 2.93. The lowest BCUT2D eigenvalue weighted by atomic mass is 10.2. The van der Waals surface area contributed by atoms with Gasteiger partial charge in [-0.3, -0.25) is 4.79 Å². The molecule has 0 saturated heterocycles. The van der Waals surface area contributed by atoms with E-state index in [2.05, 4.69) is 5.16 Å². The summed E-state index contributed by atoms with van der Waals surface area (Å²) in [5.74, 6) is 0.311. The molecule has 6 heteroatoms. The van der Waals surface area contributed by atoms with Crippen LogP contribution in [0.2, 0.25) is 0 Å². The molecular weight excluding hydrogens is 234 g/mol. The lowest BCUT2D eigenvalue weighted by Gasteiger charge is -2.22. The van der Waals surface area contributed by atoms with Crippen molar-refractivity contribution >= 4 is 11.7 Å². The fraction of sp³-hybridized carbons (Fsp3) is 0.833. The summed E-state index contributed by atoms with van der Waals surface area (Å²) >= 11 is 0. The van der Waals surface area contributed by atoms with Gasteiger partial charge in [0, 0.05) is 38.6 Å². The van der Waals surface area contributed by atoms with Gasteiger partial charge >= 0.3 is 0 Å². The number of hydrogen-bond acceptors (Lipinski definition) is 4. The molecule has 0 aromatic heterocycles. The minimum atomic E-state index is 0.142. The maximum absolute atomic E-state index is 12.0. The quantitative estimate of drug-likeness (QED) is 0.211. The molecule has 104 valence electrons. The van der Waals surface area contributed by atoms with Gasteiger partial charge in [0.25, 0.3) is 0 Å². The summed E-state index contributed by atoms with van der Waals surface area (Å²) in [6.45, 7) is 3.79. The molecule has 1 rings (SSSR count). The van der Waals surface area contributed by atoms with Gasteiger partial charge in [0.15, 0.2) is 0 Å². The van der Waals surface area contributed by atoms with Crippen molar-refractivity contribution in [1.29, 1.82) is 0 Å². The smallest absolute Gasteiger partial charge is 0.222 e. The van der Waals surface area contributed by atoms with E-state index in [4.69, 9.17) is 15.7 Å². The van der Waals surface area contributed by atoms with Crippen molar-refractivity contribution in [2.75, 3.05) is 19.8 Å². The van der Waals surface area contributed by atoms with E-state index >= 15 is 0 Å². The summed E-state index contributed by atoms with van der Waals surface area (Å²) in [6.07, 6.45) is 3.80.